The number of hydrogen-bond acceptors (Lipinski definition) is 3. The molecule has 2 N–H and O–H groups in total. The molecule has 0 atom stereocenters. The van der Waals surface area contributed by atoms with Gasteiger partial charge in [0.1, 0.15) is 10.9 Å². The Labute approximate surface area is 120 Å². The molecule has 5 heteroatoms. The minimum absolute atomic E-state index is 0.576. The molecule has 1 heterocycles. The first-order valence-electron chi connectivity index (χ1n) is 4.79. The molecule has 0 saturated heterocycles. The summed E-state index contributed by atoms with van der Waals surface area (Å²) in [6, 6.07) is 8.09. The van der Waals surface area contributed by atoms with Crippen molar-refractivity contribution in [3.05, 3.63) is 37.6 Å². The van der Waals surface area contributed by atoms with Crippen molar-refractivity contribution in [2.45, 2.75) is 6.92 Å². The predicted molar refractivity (Wildman–Crippen MR) is 79.0 cm³/mol. The van der Waals surface area contributed by atoms with Crippen LogP contribution in [-0.2, 0) is 0 Å². The Morgan fingerprint density at radius 3 is 2.59 bits per heavy atom. The van der Waals surface area contributed by atoms with E-state index in [0.29, 0.717) is 10.6 Å². The molecule has 0 aliphatic rings. The molecule has 0 unspecified atom stereocenters. The second-order valence-corrected chi connectivity index (χ2v) is 6.33. The molecular weight excluding hydrogens is 364 g/mol. The van der Waals surface area contributed by atoms with Crippen LogP contribution in [0.4, 0.5) is 5.69 Å². The normalized spacial score (nSPS) is 10.2. The molecule has 2 rings (SSSR count). The SMILES string of the molecule is Cc1c(-c2ccc(Br)cc2Br)sc(C#N)c1N. The molecular formula is C12H8Br2N2S. The summed E-state index contributed by atoms with van der Waals surface area (Å²) in [6.45, 7) is 1.94. The van der Waals surface area contributed by atoms with Gasteiger partial charge in [-0.1, -0.05) is 37.9 Å². The lowest BCUT2D eigenvalue weighted by molar-refractivity contribution is 1.49. The molecule has 2 aromatic rings. The Morgan fingerprint density at radius 1 is 1.35 bits per heavy atom. The lowest BCUT2D eigenvalue weighted by Gasteiger charge is -2.04. The van der Waals surface area contributed by atoms with Gasteiger partial charge in [0.2, 0.25) is 0 Å². The molecule has 0 spiro atoms. The van der Waals surface area contributed by atoms with E-state index in [9.17, 15) is 0 Å². The van der Waals surface area contributed by atoms with Crippen LogP contribution in [0, 0.1) is 18.3 Å². The summed E-state index contributed by atoms with van der Waals surface area (Å²) in [6.07, 6.45) is 0. The lowest BCUT2D eigenvalue weighted by Crippen LogP contribution is -1.87. The zero-order valence-electron chi connectivity index (χ0n) is 8.92. The Morgan fingerprint density at radius 2 is 2.06 bits per heavy atom. The van der Waals surface area contributed by atoms with Gasteiger partial charge in [-0.2, -0.15) is 5.26 Å². The Bertz CT molecular complexity index is 626. The van der Waals surface area contributed by atoms with E-state index in [-0.39, 0.29) is 0 Å². The second kappa shape index (κ2) is 4.81. The fourth-order valence-corrected chi connectivity index (χ4v) is 3.98. The summed E-state index contributed by atoms with van der Waals surface area (Å²) in [5, 5.41) is 8.98. The van der Waals surface area contributed by atoms with Crippen molar-refractivity contribution in [2.75, 3.05) is 5.73 Å². The number of rotatable bonds is 1. The highest BCUT2D eigenvalue weighted by atomic mass is 79.9. The van der Waals surface area contributed by atoms with Crippen molar-refractivity contribution >= 4 is 48.9 Å². The van der Waals surface area contributed by atoms with Gasteiger partial charge in [-0.15, -0.1) is 11.3 Å². The van der Waals surface area contributed by atoms with Crippen molar-refractivity contribution in [1.29, 1.82) is 5.26 Å². The molecule has 1 aromatic carbocycles. The Kier molecular flexibility index (Phi) is 3.57. The van der Waals surface area contributed by atoms with E-state index in [1.54, 1.807) is 0 Å². The molecule has 17 heavy (non-hydrogen) atoms. The number of hydrogen-bond donors (Lipinski definition) is 1. The second-order valence-electron chi connectivity index (χ2n) is 3.53. The number of halogens is 2. The highest BCUT2D eigenvalue weighted by Gasteiger charge is 2.15. The molecule has 0 aliphatic carbocycles. The fourth-order valence-electron chi connectivity index (χ4n) is 1.54. The zero-order valence-corrected chi connectivity index (χ0v) is 12.9. The first-order valence-corrected chi connectivity index (χ1v) is 7.19. The monoisotopic (exact) mass is 370 g/mol. The highest BCUT2D eigenvalue weighted by Crippen LogP contribution is 2.41. The summed E-state index contributed by atoms with van der Waals surface area (Å²) < 4.78 is 2.00. The van der Waals surface area contributed by atoms with Gasteiger partial charge in [-0.25, -0.2) is 0 Å². The lowest BCUT2D eigenvalue weighted by atomic mass is 10.1. The average molecular weight is 372 g/mol. The van der Waals surface area contributed by atoms with Crippen LogP contribution in [0.3, 0.4) is 0 Å². The van der Waals surface area contributed by atoms with Gasteiger partial charge in [0, 0.05) is 19.4 Å². The minimum atomic E-state index is 0.576. The Hall–Kier alpha value is -0.830. The van der Waals surface area contributed by atoms with Gasteiger partial charge in [0.15, 0.2) is 0 Å². The standard InChI is InChI=1S/C12H8Br2N2S/c1-6-11(16)10(5-15)17-12(6)8-3-2-7(13)4-9(8)14/h2-4H,16H2,1H3. The van der Waals surface area contributed by atoms with Crippen molar-refractivity contribution in [3.8, 4) is 16.5 Å². The number of nitriles is 1. The molecule has 0 fully saturated rings. The van der Waals surface area contributed by atoms with Crippen LogP contribution >= 0.6 is 43.2 Å². The third kappa shape index (κ3) is 2.25. The van der Waals surface area contributed by atoms with Crippen LogP contribution in [-0.4, -0.2) is 0 Å². The predicted octanol–water partition coefficient (Wildman–Crippen LogP) is 4.70. The van der Waals surface area contributed by atoms with E-state index in [1.165, 1.54) is 11.3 Å². The number of anilines is 1. The van der Waals surface area contributed by atoms with Gasteiger partial charge in [0.05, 0.1) is 5.69 Å². The van der Waals surface area contributed by atoms with Crippen LogP contribution in [0.1, 0.15) is 10.4 Å². The number of nitrogens with zero attached hydrogens (tertiary/aromatic N) is 1. The van der Waals surface area contributed by atoms with Gasteiger partial charge in [-0.3, -0.25) is 0 Å². The summed E-state index contributed by atoms with van der Waals surface area (Å²) in [7, 11) is 0. The number of thiophene rings is 1. The fraction of sp³-hybridized carbons (Fsp3) is 0.0833. The highest BCUT2D eigenvalue weighted by molar-refractivity contribution is 9.11. The molecule has 1 aromatic heterocycles. The average Bonchev–Trinajstić information content (AvgIpc) is 2.57. The van der Waals surface area contributed by atoms with Crippen LogP contribution < -0.4 is 5.73 Å². The van der Waals surface area contributed by atoms with E-state index in [0.717, 1.165) is 24.9 Å². The molecule has 0 amide bonds. The van der Waals surface area contributed by atoms with E-state index in [1.807, 2.05) is 25.1 Å². The molecule has 2 nitrogen and oxygen atoms in total. The van der Waals surface area contributed by atoms with Crippen LogP contribution in [0.25, 0.3) is 10.4 Å². The van der Waals surface area contributed by atoms with Crippen LogP contribution in [0.15, 0.2) is 27.1 Å². The maximum Gasteiger partial charge on any atom is 0.128 e. The minimum Gasteiger partial charge on any atom is -0.397 e. The molecule has 0 saturated carbocycles. The van der Waals surface area contributed by atoms with Gasteiger partial charge < -0.3 is 5.73 Å². The molecule has 0 aliphatic heterocycles. The van der Waals surface area contributed by atoms with E-state index < -0.39 is 0 Å². The van der Waals surface area contributed by atoms with E-state index >= 15 is 0 Å². The van der Waals surface area contributed by atoms with Crippen molar-refractivity contribution < 1.29 is 0 Å². The summed E-state index contributed by atoms with van der Waals surface area (Å²) in [5.41, 5.74) is 8.51. The zero-order chi connectivity index (χ0) is 12.6. The number of nitrogens with two attached hydrogens (primary N) is 1. The van der Waals surface area contributed by atoms with Gasteiger partial charge in [0.25, 0.3) is 0 Å². The maximum atomic E-state index is 8.98. The topological polar surface area (TPSA) is 49.8 Å². The number of nitrogen functional groups attached to an aromatic ring is 1. The van der Waals surface area contributed by atoms with Crippen molar-refractivity contribution in [3.63, 3.8) is 0 Å². The molecule has 86 valence electrons. The quantitative estimate of drug-likeness (QED) is 0.789. The summed E-state index contributed by atoms with van der Waals surface area (Å²) in [5.74, 6) is 0. The van der Waals surface area contributed by atoms with Crippen LogP contribution in [0.2, 0.25) is 0 Å². The van der Waals surface area contributed by atoms with Crippen LogP contribution in [0.5, 0.6) is 0 Å². The van der Waals surface area contributed by atoms with Gasteiger partial charge >= 0.3 is 0 Å². The first kappa shape index (κ1) is 12.6. The van der Waals surface area contributed by atoms with Crippen molar-refractivity contribution in [1.82, 2.24) is 0 Å². The molecule has 0 radical (unpaired) electrons. The number of benzene rings is 1. The van der Waals surface area contributed by atoms with Gasteiger partial charge in [-0.05, 0) is 24.6 Å². The van der Waals surface area contributed by atoms with E-state index in [4.69, 9.17) is 11.0 Å². The van der Waals surface area contributed by atoms with Crippen molar-refractivity contribution in [2.24, 2.45) is 0 Å². The summed E-state index contributed by atoms with van der Waals surface area (Å²) >= 11 is 8.37. The third-order valence-electron chi connectivity index (χ3n) is 2.47. The maximum absolute atomic E-state index is 8.98. The third-order valence-corrected chi connectivity index (χ3v) is 4.87. The van der Waals surface area contributed by atoms with E-state index in [2.05, 4.69) is 37.9 Å². The first-order chi connectivity index (χ1) is 8.04. The summed E-state index contributed by atoms with van der Waals surface area (Å²) in [4.78, 5) is 1.62. The smallest absolute Gasteiger partial charge is 0.128 e. The largest absolute Gasteiger partial charge is 0.397 e. The Balaban J connectivity index is 2.65. The molecule has 0 bridgehead atoms.